The standard InChI is InChI=1S/C23H27NO6/c1-6-17(21(26)27)24-20(25)8-7-13-12(2)14-9-15-16(23(3,4)5)11-29-18(15)10-19(14)30-22(13)28/h9-11,17H,6-8H2,1-5H3,(H,24,25)(H,26,27)/t17-/m0/s1. The highest BCUT2D eigenvalue weighted by molar-refractivity contribution is 5.97. The van der Waals surface area contributed by atoms with E-state index in [1.54, 1.807) is 19.3 Å². The number of carboxylic acids is 1. The summed E-state index contributed by atoms with van der Waals surface area (Å²) in [5.74, 6) is -1.49. The molecule has 0 aliphatic heterocycles. The van der Waals surface area contributed by atoms with Crippen molar-refractivity contribution in [1.29, 1.82) is 0 Å². The van der Waals surface area contributed by atoms with Crippen LogP contribution in [-0.4, -0.2) is 23.0 Å². The van der Waals surface area contributed by atoms with Crippen LogP contribution >= 0.6 is 0 Å². The van der Waals surface area contributed by atoms with E-state index in [1.165, 1.54) is 0 Å². The summed E-state index contributed by atoms with van der Waals surface area (Å²) >= 11 is 0. The average molecular weight is 413 g/mol. The van der Waals surface area contributed by atoms with Gasteiger partial charge in [0.05, 0.1) is 6.26 Å². The molecule has 1 atom stereocenters. The van der Waals surface area contributed by atoms with E-state index in [2.05, 4.69) is 26.1 Å². The van der Waals surface area contributed by atoms with Gasteiger partial charge >= 0.3 is 11.6 Å². The van der Waals surface area contributed by atoms with Gasteiger partial charge in [-0.1, -0.05) is 27.7 Å². The second-order valence-corrected chi connectivity index (χ2v) is 8.60. The number of benzene rings is 1. The van der Waals surface area contributed by atoms with Gasteiger partial charge in [-0.05, 0) is 36.8 Å². The number of aryl methyl sites for hydroxylation is 1. The van der Waals surface area contributed by atoms with Gasteiger partial charge in [0.1, 0.15) is 17.2 Å². The Hall–Kier alpha value is -3.09. The minimum absolute atomic E-state index is 0.00207. The molecular weight excluding hydrogens is 386 g/mol. The third-order valence-electron chi connectivity index (χ3n) is 5.43. The highest BCUT2D eigenvalue weighted by Gasteiger charge is 2.22. The fraction of sp³-hybridized carbons (Fsp3) is 0.435. The molecule has 2 heterocycles. The van der Waals surface area contributed by atoms with Gasteiger partial charge in [0.15, 0.2) is 0 Å². The summed E-state index contributed by atoms with van der Waals surface area (Å²) in [5.41, 5.74) is 2.71. The number of hydrogen-bond acceptors (Lipinski definition) is 5. The van der Waals surface area contributed by atoms with Crippen molar-refractivity contribution in [3.63, 3.8) is 0 Å². The van der Waals surface area contributed by atoms with Gasteiger partial charge in [0.2, 0.25) is 5.91 Å². The van der Waals surface area contributed by atoms with Gasteiger partial charge in [-0.25, -0.2) is 9.59 Å². The molecule has 0 spiro atoms. The molecule has 160 valence electrons. The molecular formula is C23H27NO6. The molecule has 0 aliphatic carbocycles. The first-order valence-electron chi connectivity index (χ1n) is 10.0. The minimum atomic E-state index is -1.08. The fourth-order valence-corrected chi connectivity index (χ4v) is 3.62. The lowest BCUT2D eigenvalue weighted by molar-refractivity contribution is -0.141. The molecule has 2 N–H and O–H groups in total. The average Bonchev–Trinajstić information content (AvgIpc) is 3.07. The zero-order chi connectivity index (χ0) is 22.2. The summed E-state index contributed by atoms with van der Waals surface area (Å²) in [7, 11) is 0. The maximum atomic E-state index is 12.5. The highest BCUT2D eigenvalue weighted by Crippen LogP contribution is 2.35. The number of amides is 1. The number of hydrogen-bond donors (Lipinski definition) is 2. The smallest absolute Gasteiger partial charge is 0.339 e. The zero-order valence-electron chi connectivity index (χ0n) is 17.9. The van der Waals surface area contributed by atoms with E-state index in [0.29, 0.717) is 16.7 Å². The highest BCUT2D eigenvalue weighted by atomic mass is 16.4. The SMILES string of the molecule is CC[C@H](NC(=O)CCc1c(C)c2cc3c(C(C)(C)C)coc3cc2oc1=O)C(=O)O. The van der Waals surface area contributed by atoms with Crippen molar-refractivity contribution in [3.05, 3.63) is 45.5 Å². The van der Waals surface area contributed by atoms with Gasteiger partial charge < -0.3 is 19.3 Å². The van der Waals surface area contributed by atoms with Crippen LogP contribution in [0.5, 0.6) is 0 Å². The Morgan fingerprint density at radius 3 is 2.47 bits per heavy atom. The van der Waals surface area contributed by atoms with Crippen molar-refractivity contribution in [2.24, 2.45) is 0 Å². The first-order chi connectivity index (χ1) is 14.0. The molecule has 1 aromatic carbocycles. The van der Waals surface area contributed by atoms with Crippen molar-refractivity contribution in [3.8, 4) is 0 Å². The second kappa shape index (κ2) is 7.97. The van der Waals surface area contributed by atoms with Gasteiger partial charge in [-0.2, -0.15) is 0 Å². The van der Waals surface area contributed by atoms with Crippen LogP contribution in [0, 0.1) is 6.92 Å². The molecule has 1 amide bonds. The summed E-state index contributed by atoms with van der Waals surface area (Å²) in [6, 6.07) is 2.76. The number of carboxylic acid groups (broad SMARTS) is 1. The van der Waals surface area contributed by atoms with E-state index in [9.17, 15) is 14.4 Å². The van der Waals surface area contributed by atoms with Gasteiger partial charge in [0, 0.05) is 34.4 Å². The number of nitrogens with one attached hydrogen (secondary N) is 1. The van der Waals surface area contributed by atoms with Crippen LogP contribution in [-0.2, 0) is 21.4 Å². The Morgan fingerprint density at radius 2 is 1.87 bits per heavy atom. The van der Waals surface area contributed by atoms with E-state index in [4.69, 9.17) is 13.9 Å². The summed E-state index contributed by atoms with van der Waals surface area (Å²) in [6.45, 7) is 9.82. The van der Waals surface area contributed by atoms with E-state index in [0.717, 1.165) is 21.9 Å². The second-order valence-electron chi connectivity index (χ2n) is 8.60. The lowest BCUT2D eigenvalue weighted by Crippen LogP contribution is -2.40. The number of rotatable bonds is 6. The Bertz CT molecular complexity index is 1180. The third-order valence-corrected chi connectivity index (χ3v) is 5.43. The van der Waals surface area contributed by atoms with Gasteiger partial charge in [0.25, 0.3) is 0 Å². The number of carbonyl (C=O) groups is 2. The van der Waals surface area contributed by atoms with Crippen molar-refractivity contribution >= 4 is 33.8 Å². The predicted molar refractivity (Wildman–Crippen MR) is 114 cm³/mol. The van der Waals surface area contributed by atoms with Crippen LogP contribution < -0.4 is 10.9 Å². The Morgan fingerprint density at radius 1 is 1.17 bits per heavy atom. The van der Waals surface area contributed by atoms with Crippen LogP contribution in [0.4, 0.5) is 0 Å². The first-order valence-corrected chi connectivity index (χ1v) is 10.0. The van der Waals surface area contributed by atoms with E-state index < -0.39 is 23.5 Å². The fourth-order valence-electron chi connectivity index (χ4n) is 3.62. The Balaban J connectivity index is 1.96. The molecule has 0 unspecified atom stereocenters. The minimum Gasteiger partial charge on any atom is -0.480 e. The molecule has 3 rings (SSSR count). The summed E-state index contributed by atoms with van der Waals surface area (Å²) in [4.78, 5) is 35.8. The molecule has 3 aromatic rings. The lowest BCUT2D eigenvalue weighted by atomic mass is 9.86. The number of fused-ring (bicyclic) bond motifs is 2. The number of furan rings is 1. The first kappa shape index (κ1) is 21.6. The van der Waals surface area contributed by atoms with E-state index in [1.807, 2.05) is 13.0 Å². The van der Waals surface area contributed by atoms with Crippen LogP contribution in [0.1, 0.15) is 57.2 Å². The van der Waals surface area contributed by atoms with Crippen molar-refractivity contribution in [2.45, 2.75) is 65.3 Å². The van der Waals surface area contributed by atoms with E-state index >= 15 is 0 Å². The molecule has 0 saturated carbocycles. The van der Waals surface area contributed by atoms with Gasteiger partial charge in [-0.3, -0.25) is 4.79 Å². The molecule has 0 fully saturated rings. The van der Waals surface area contributed by atoms with Crippen LogP contribution in [0.3, 0.4) is 0 Å². The molecule has 0 bridgehead atoms. The summed E-state index contributed by atoms with van der Waals surface area (Å²) in [6.07, 6.45) is 2.19. The van der Waals surface area contributed by atoms with E-state index in [-0.39, 0.29) is 24.7 Å². The molecule has 2 aromatic heterocycles. The molecule has 30 heavy (non-hydrogen) atoms. The van der Waals surface area contributed by atoms with Crippen LogP contribution in [0.15, 0.2) is 32.0 Å². The van der Waals surface area contributed by atoms with Crippen molar-refractivity contribution < 1.29 is 23.5 Å². The van der Waals surface area contributed by atoms with Crippen molar-refractivity contribution in [1.82, 2.24) is 5.32 Å². The van der Waals surface area contributed by atoms with Crippen LogP contribution in [0.25, 0.3) is 21.9 Å². The molecule has 0 radical (unpaired) electrons. The zero-order valence-corrected chi connectivity index (χ0v) is 17.9. The van der Waals surface area contributed by atoms with Crippen molar-refractivity contribution in [2.75, 3.05) is 0 Å². The Labute approximate surface area is 174 Å². The molecule has 0 aliphatic rings. The summed E-state index contributed by atoms with van der Waals surface area (Å²) in [5, 5.41) is 13.3. The van der Waals surface area contributed by atoms with Crippen LogP contribution in [0.2, 0.25) is 0 Å². The number of carbonyl (C=O) groups excluding carboxylic acids is 1. The topological polar surface area (TPSA) is 110 Å². The van der Waals surface area contributed by atoms with Gasteiger partial charge in [-0.15, -0.1) is 0 Å². The maximum absolute atomic E-state index is 12.5. The quantitative estimate of drug-likeness (QED) is 0.590. The number of aliphatic carboxylic acids is 1. The maximum Gasteiger partial charge on any atom is 0.339 e. The Kier molecular flexibility index (Phi) is 5.74. The molecule has 7 nitrogen and oxygen atoms in total. The molecule has 7 heteroatoms. The lowest BCUT2D eigenvalue weighted by Gasteiger charge is -2.16. The summed E-state index contributed by atoms with van der Waals surface area (Å²) < 4.78 is 11.2. The third kappa shape index (κ3) is 4.10. The monoisotopic (exact) mass is 413 g/mol. The normalized spacial score (nSPS) is 13.0. The predicted octanol–water partition coefficient (Wildman–Crippen LogP) is 4.06. The molecule has 0 saturated heterocycles. The largest absolute Gasteiger partial charge is 0.480 e.